The topological polar surface area (TPSA) is 20.2 Å². The summed E-state index contributed by atoms with van der Waals surface area (Å²) in [6, 6.07) is 9.21. The minimum absolute atomic E-state index is 0.112. The molecule has 66 valence electrons. The minimum atomic E-state index is 0.112. The van der Waals surface area contributed by atoms with E-state index in [1.807, 2.05) is 24.3 Å². The molecule has 1 nitrogen and oxygen atoms in total. The van der Waals surface area contributed by atoms with Crippen LogP contribution >= 0.6 is 27.5 Å². The standard InChI is InChI=1S/C10H6BrClO/c11-7-3-1-2-6-4-5-8(13)10(12)9(6)7/h1-5,13H. The number of hydrogen-bond acceptors (Lipinski definition) is 1. The fourth-order valence-corrected chi connectivity index (χ4v) is 2.25. The first-order valence-corrected chi connectivity index (χ1v) is 4.93. The third-order valence-corrected chi connectivity index (χ3v) is 2.95. The Morgan fingerprint density at radius 3 is 2.69 bits per heavy atom. The Bertz CT molecular complexity index is 468. The zero-order valence-electron chi connectivity index (χ0n) is 6.59. The van der Waals surface area contributed by atoms with E-state index in [-0.39, 0.29) is 5.75 Å². The monoisotopic (exact) mass is 256 g/mol. The summed E-state index contributed by atoms with van der Waals surface area (Å²) in [6.45, 7) is 0. The van der Waals surface area contributed by atoms with Crippen molar-refractivity contribution in [1.29, 1.82) is 0 Å². The summed E-state index contributed by atoms with van der Waals surface area (Å²) in [7, 11) is 0. The first-order valence-electron chi connectivity index (χ1n) is 3.76. The minimum Gasteiger partial charge on any atom is -0.506 e. The predicted octanol–water partition coefficient (Wildman–Crippen LogP) is 3.96. The largest absolute Gasteiger partial charge is 0.506 e. The van der Waals surface area contributed by atoms with E-state index >= 15 is 0 Å². The first-order chi connectivity index (χ1) is 6.20. The molecule has 1 N–H and O–H groups in total. The highest BCUT2D eigenvalue weighted by Crippen LogP contribution is 2.36. The lowest BCUT2D eigenvalue weighted by Gasteiger charge is -2.04. The summed E-state index contributed by atoms with van der Waals surface area (Å²) in [6.07, 6.45) is 0. The maximum Gasteiger partial charge on any atom is 0.134 e. The predicted molar refractivity (Wildman–Crippen MR) is 58.3 cm³/mol. The van der Waals surface area contributed by atoms with Crippen molar-refractivity contribution in [2.45, 2.75) is 0 Å². The maximum atomic E-state index is 9.39. The van der Waals surface area contributed by atoms with Crippen LogP contribution in [0.5, 0.6) is 5.75 Å². The molecule has 0 aliphatic rings. The van der Waals surface area contributed by atoms with Crippen LogP contribution in [0.4, 0.5) is 0 Å². The first kappa shape index (κ1) is 8.85. The van der Waals surface area contributed by atoms with Crippen LogP contribution in [0.15, 0.2) is 34.8 Å². The maximum absolute atomic E-state index is 9.39. The van der Waals surface area contributed by atoms with Gasteiger partial charge in [0.1, 0.15) is 5.75 Å². The molecule has 0 heterocycles. The van der Waals surface area contributed by atoms with Crippen LogP contribution in [0.1, 0.15) is 0 Å². The highest BCUT2D eigenvalue weighted by Gasteiger charge is 2.06. The third-order valence-electron chi connectivity index (χ3n) is 1.91. The van der Waals surface area contributed by atoms with Crippen molar-refractivity contribution < 1.29 is 5.11 Å². The average Bonchev–Trinajstić information content (AvgIpc) is 2.12. The van der Waals surface area contributed by atoms with Crippen LogP contribution in [0, 0.1) is 0 Å². The van der Waals surface area contributed by atoms with Crippen molar-refractivity contribution in [2.75, 3.05) is 0 Å². The van der Waals surface area contributed by atoms with E-state index < -0.39 is 0 Å². The van der Waals surface area contributed by atoms with Gasteiger partial charge in [-0.05, 0) is 17.5 Å². The SMILES string of the molecule is Oc1ccc2cccc(Br)c2c1Cl. The Morgan fingerprint density at radius 2 is 1.92 bits per heavy atom. The Balaban J connectivity index is 2.97. The molecule has 2 aromatic carbocycles. The second kappa shape index (κ2) is 3.20. The molecular weight excluding hydrogens is 251 g/mol. The van der Waals surface area contributed by atoms with Gasteiger partial charge in [0, 0.05) is 9.86 Å². The van der Waals surface area contributed by atoms with E-state index in [0.29, 0.717) is 5.02 Å². The van der Waals surface area contributed by atoms with Gasteiger partial charge in [0.05, 0.1) is 5.02 Å². The van der Waals surface area contributed by atoms with E-state index in [2.05, 4.69) is 15.9 Å². The highest BCUT2D eigenvalue weighted by molar-refractivity contribution is 9.10. The van der Waals surface area contributed by atoms with Crippen LogP contribution in [-0.2, 0) is 0 Å². The van der Waals surface area contributed by atoms with Crippen LogP contribution in [0.25, 0.3) is 10.8 Å². The van der Waals surface area contributed by atoms with E-state index in [9.17, 15) is 5.11 Å². The number of benzene rings is 2. The molecule has 0 amide bonds. The number of halogens is 2. The average molecular weight is 258 g/mol. The van der Waals surface area contributed by atoms with Crippen molar-refractivity contribution in [1.82, 2.24) is 0 Å². The summed E-state index contributed by atoms with van der Waals surface area (Å²) in [5.74, 6) is 0.112. The molecule has 0 saturated carbocycles. The lowest BCUT2D eigenvalue weighted by Crippen LogP contribution is -1.76. The molecule has 0 radical (unpaired) electrons. The number of fused-ring (bicyclic) bond motifs is 1. The van der Waals surface area contributed by atoms with Gasteiger partial charge in [0.25, 0.3) is 0 Å². The summed E-state index contributed by atoms with van der Waals surface area (Å²) < 4.78 is 0.894. The Hall–Kier alpha value is -0.730. The molecule has 0 aromatic heterocycles. The second-order valence-electron chi connectivity index (χ2n) is 2.74. The Labute approximate surface area is 89.1 Å². The number of hydrogen-bond donors (Lipinski definition) is 1. The van der Waals surface area contributed by atoms with Gasteiger partial charge in [0.2, 0.25) is 0 Å². The van der Waals surface area contributed by atoms with Crippen molar-refractivity contribution in [2.24, 2.45) is 0 Å². The van der Waals surface area contributed by atoms with Gasteiger partial charge in [-0.3, -0.25) is 0 Å². The Kier molecular flexibility index (Phi) is 2.18. The van der Waals surface area contributed by atoms with E-state index in [1.165, 1.54) is 0 Å². The van der Waals surface area contributed by atoms with E-state index in [4.69, 9.17) is 11.6 Å². The van der Waals surface area contributed by atoms with E-state index in [0.717, 1.165) is 15.2 Å². The molecule has 2 rings (SSSR count). The second-order valence-corrected chi connectivity index (χ2v) is 3.97. The molecule has 13 heavy (non-hydrogen) atoms. The molecule has 0 aliphatic carbocycles. The van der Waals surface area contributed by atoms with Crippen LogP contribution in [0.3, 0.4) is 0 Å². The Morgan fingerprint density at radius 1 is 1.15 bits per heavy atom. The molecule has 0 aliphatic heterocycles. The zero-order chi connectivity index (χ0) is 9.42. The molecule has 2 aromatic rings. The molecule has 0 saturated heterocycles. The number of phenolic OH excluding ortho intramolecular Hbond substituents is 1. The lowest BCUT2D eigenvalue weighted by atomic mass is 10.1. The fraction of sp³-hybridized carbons (Fsp3) is 0. The molecule has 0 atom stereocenters. The van der Waals surface area contributed by atoms with Gasteiger partial charge < -0.3 is 5.11 Å². The van der Waals surface area contributed by atoms with Crippen molar-refractivity contribution in [3.63, 3.8) is 0 Å². The van der Waals surface area contributed by atoms with Crippen molar-refractivity contribution >= 4 is 38.3 Å². The van der Waals surface area contributed by atoms with Gasteiger partial charge in [-0.25, -0.2) is 0 Å². The van der Waals surface area contributed by atoms with Crippen LogP contribution < -0.4 is 0 Å². The summed E-state index contributed by atoms with van der Waals surface area (Å²) >= 11 is 9.34. The molecule has 3 heteroatoms. The highest BCUT2D eigenvalue weighted by atomic mass is 79.9. The van der Waals surface area contributed by atoms with Crippen LogP contribution in [-0.4, -0.2) is 5.11 Å². The molecule has 0 spiro atoms. The van der Waals surface area contributed by atoms with Gasteiger partial charge in [-0.1, -0.05) is 45.7 Å². The molecule has 0 unspecified atom stereocenters. The zero-order valence-corrected chi connectivity index (χ0v) is 8.93. The smallest absolute Gasteiger partial charge is 0.134 e. The summed E-state index contributed by atoms with van der Waals surface area (Å²) in [5.41, 5.74) is 0. The van der Waals surface area contributed by atoms with Gasteiger partial charge in [-0.15, -0.1) is 0 Å². The number of phenols is 1. The normalized spacial score (nSPS) is 10.6. The fourth-order valence-electron chi connectivity index (χ4n) is 1.28. The number of rotatable bonds is 0. The number of aromatic hydroxyl groups is 1. The molecule has 0 bridgehead atoms. The van der Waals surface area contributed by atoms with Gasteiger partial charge in [0.15, 0.2) is 0 Å². The van der Waals surface area contributed by atoms with Crippen molar-refractivity contribution in [3.8, 4) is 5.75 Å². The molecular formula is C10H6BrClO. The van der Waals surface area contributed by atoms with Gasteiger partial charge >= 0.3 is 0 Å². The van der Waals surface area contributed by atoms with Crippen LogP contribution in [0.2, 0.25) is 5.02 Å². The lowest BCUT2D eigenvalue weighted by molar-refractivity contribution is 0.476. The summed E-state index contributed by atoms with van der Waals surface area (Å²) in [5, 5.41) is 11.6. The quantitative estimate of drug-likeness (QED) is 0.757. The van der Waals surface area contributed by atoms with Crippen molar-refractivity contribution in [3.05, 3.63) is 39.8 Å². The molecule has 0 fully saturated rings. The van der Waals surface area contributed by atoms with Gasteiger partial charge in [-0.2, -0.15) is 0 Å². The third kappa shape index (κ3) is 1.40. The van der Waals surface area contributed by atoms with E-state index in [1.54, 1.807) is 6.07 Å². The summed E-state index contributed by atoms with van der Waals surface area (Å²) in [4.78, 5) is 0.